The summed E-state index contributed by atoms with van der Waals surface area (Å²) in [7, 11) is 0. The Morgan fingerprint density at radius 3 is 2.50 bits per heavy atom. The Hall–Kier alpha value is -2.57. The molecule has 1 N–H and O–H groups in total. The van der Waals surface area contributed by atoms with Crippen LogP contribution in [0.3, 0.4) is 0 Å². The van der Waals surface area contributed by atoms with Crippen LogP contribution in [0.25, 0.3) is 0 Å². The molecule has 0 spiro atoms. The summed E-state index contributed by atoms with van der Waals surface area (Å²) in [5.41, 5.74) is 3.39. The Morgan fingerprint density at radius 2 is 1.71 bits per heavy atom. The second-order valence-corrected chi connectivity index (χ2v) is 7.45. The Kier molecular flexibility index (Phi) is 5.78. The van der Waals surface area contributed by atoms with E-state index in [1.54, 1.807) is 0 Å². The van der Waals surface area contributed by atoms with E-state index in [1.807, 2.05) is 18.2 Å². The number of piperazine rings is 1. The minimum Gasteiger partial charge on any atom is -0.486 e. The summed E-state index contributed by atoms with van der Waals surface area (Å²) in [5.74, 6) is 1.42. The van der Waals surface area contributed by atoms with E-state index < -0.39 is 0 Å². The third kappa shape index (κ3) is 4.82. The highest BCUT2D eigenvalue weighted by atomic mass is 16.6. The largest absolute Gasteiger partial charge is 0.486 e. The molecule has 2 aliphatic heterocycles. The lowest BCUT2D eigenvalue weighted by atomic mass is 10.1. The van der Waals surface area contributed by atoms with Gasteiger partial charge in [0, 0.05) is 44.5 Å². The van der Waals surface area contributed by atoms with Crippen LogP contribution < -0.4 is 14.8 Å². The van der Waals surface area contributed by atoms with E-state index in [2.05, 4.69) is 46.3 Å². The molecule has 4 rings (SSSR count). The fourth-order valence-corrected chi connectivity index (χ4v) is 3.70. The van der Waals surface area contributed by atoms with Crippen LogP contribution >= 0.6 is 0 Å². The molecule has 1 fully saturated rings. The molecule has 2 aliphatic rings. The molecular weight excluding hydrogens is 354 g/mol. The number of carbonyl (C=O) groups is 1. The van der Waals surface area contributed by atoms with E-state index >= 15 is 0 Å². The van der Waals surface area contributed by atoms with Crippen molar-refractivity contribution in [1.29, 1.82) is 0 Å². The number of ether oxygens (including phenoxy) is 2. The average molecular weight is 381 g/mol. The first-order chi connectivity index (χ1) is 13.7. The van der Waals surface area contributed by atoms with E-state index in [4.69, 9.17) is 9.47 Å². The molecule has 0 bridgehead atoms. The number of hydrogen-bond acceptors (Lipinski definition) is 5. The molecule has 0 unspecified atom stereocenters. The number of amides is 1. The van der Waals surface area contributed by atoms with Gasteiger partial charge < -0.3 is 14.8 Å². The minimum atomic E-state index is 0.00353. The first-order valence-electron chi connectivity index (χ1n) is 9.85. The smallest absolute Gasteiger partial charge is 0.238 e. The van der Waals surface area contributed by atoms with Crippen LogP contribution in [0, 0.1) is 6.92 Å². The number of aryl methyl sites for hydroxylation is 1. The van der Waals surface area contributed by atoms with Gasteiger partial charge in [0.05, 0.1) is 6.54 Å². The number of benzene rings is 2. The highest BCUT2D eigenvalue weighted by molar-refractivity contribution is 5.92. The Morgan fingerprint density at radius 1 is 0.964 bits per heavy atom. The monoisotopic (exact) mass is 381 g/mol. The predicted molar refractivity (Wildman–Crippen MR) is 109 cm³/mol. The van der Waals surface area contributed by atoms with Crippen LogP contribution in [-0.2, 0) is 11.3 Å². The average Bonchev–Trinajstić information content (AvgIpc) is 2.69. The van der Waals surface area contributed by atoms with Gasteiger partial charge in [0.15, 0.2) is 11.5 Å². The molecule has 1 amide bonds. The van der Waals surface area contributed by atoms with Gasteiger partial charge in [0.1, 0.15) is 13.2 Å². The van der Waals surface area contributed by atoms with Gasteiger partial charge in [-0.1, -0.05) is 29.8 Å². The van der Waals surface area contributed by atoms with Gasteiger partial charge in [-0.25, -0.2) is 0 Å². The highest BCUT2D eigenvalue weighted by Crippen LogP contribution is 2.32. The predicted octanol–water partition coefficient (Wildman–Crippen LogP) is 2.52. The van der Waals surface area contributed by atoms with Gasteiger partial charge in [-0.05, 0) is 24.6 Å². The van der Waals surface area contributed by atoms with Crippen molar-refractivity contribution < 1.29 is 14.3 Å². The molecule has 6 heteroatoms. The highest BCUT2D eigenvalue weighted by Gasteiger charge is 2.19. The maximum absolute atomic E-state index is 12.4. The fraction of sp³-hybridized carbons (Fsp3) is 0.409. The number of anilines is 1. The van der Waals surface area contributed by atoms with Crippen LogP contribution in [0.2, 0.25) is 0 Å². The van der Waals surface area contributed by atoms with E-state index in [0.717, 1.165) is 44.2 Å². The number of fused-ring (bicyclic) bond motifs is 1. The number of nitrogens with one attached hydrogen (secondary N) is 1. The quantitative estimate of drug-likeness (QED) is 0.863. The van der Waals surface area contributed by atoms with Crippen LogP contribution in [0.5, 0.6) is 11.5 Å². The van der Waals surface area contributed by atoms with Gasteiger partial charge in [-0.3, -0.25) is 14.6 Å². The zero-order valence-corrected chi connectivity index (χ0v) is 16.3. The van der Waals surface area contributed by atoms with Crippen molar-refractivity contribution in [3.05, 3.63) is 53.6 Å². The summed E-state index contributed by atoms with van der Waals surface area (Å²) in [5, 5.41) is 2.97. The number of nitrogens with zero attached hydrogens (tertiary/aromatic N) is 2. The molecule has 0 radical (unpaired) electrons. The fourth-order valence-electron chi connectivity index (χ4n) is 3.70. The maximum Gasteiger partial charge on any atom is 0.238 e. The van der Waals surface area contributed by atoms with Crippen molar-refractivity contribution in [2.24, 2.45) is 0 Å². The lowest BCUT2D eigenvalue weighted by molar-refractivity contribution is -0.117. The molecule has 6 nitrogen and oxygen atoms in total. The minimum absolute atomic E-state index is 0.00353. The van der Waals surface area contributed by atoms with Crippen LogP contribution in [0.4, 0.5) is 5.69 Å². The summed E-state index contributed by atoms with van der Waals surface area (Å²) in [6.45, 7) is 8.37. The van der Waals surface area contributed by atoms with Crippen LogP contribution in [0.15, 0.2) is 42.5 Å². The lowest BCUT2D eigenvalue weighted by Gasteiger charge is -2.34. The third-order valence-corrected chi connectivity index (χ3v) is 5.15. The Labute approximate surface area is 166 Å². The van der Waals surface area contributed by atoms with Gasteiger partial charge in [-0.15, -0.1) is 0 Å². The van der Waals surface area contributed by atoms with Crippen molar-refractivity contribution in [1.82, 2.24) is 9.80 Å². The van der Waals surface area contributed by atoms with Crippen molar-refractivity contribution >= 4 is 11.6 Å². The summed E-state index contributed by atoms with van der Waals surface area (Å²) >= 11 is 0. The summed E-state index contributed by atoms with van der Waals surface area (Å²) in [6, 6.07) is 14.2. The Bertz CT molecular complexity index is 832. The van der Waals surface area contributed by atoms with Crippen molar-refractivity contribution in [3.63, 3.8) is 0 Å². The molecule has 0 aromatic heterocycles. The normalized spacial score (nSPS) is 17.3. The van der Waals surface area contributed by atoms with Crippen molar-refractivity contribution in [2.75, 3.05) is 51.3 Å². The number of hydrogen-bond donors (Lipinski definition) is 1. The number of carbonyl (C=O) groups excluding carboxylic acids is 1. The van der Waals surface area contributed by atoms with Crippen molar-refractivity contribution in [2.45, 2.75) is 13.5 Å². The van der Waals surface area contributed by atoms with Crippen LogP contribution in [-0.4, -0.2) is 61.6 Å². The second kappa shape index (κ2) is 8.63. The number of rotatable bonds is 5. The maximum atomic E-state index is 12.4. The Balaban J connectivity index is 1.24. The first-order valence-corrected chi connectivity index (χ1v) is 9.85. The standard InChI is InChI=1S/C22H27N3O3/c1-17-3-2-4-18(13-17)15-24-7-9-25(10-8-24)16-22(26)23-19-5-6-20-21(14-19)28-12-11-27-20/h2-6,13-14H,7-12,15-16H2,1H3,(H,23,26). The van der Waals surface area contributed by atoms with Crippen molar-refractivity contribution in [3.8, 4) is 11.5 Å². The summed E-state index contributed by atoms with van der Waals surface area (Å²) in [4.78, 5) is 17.1. The van der Waals surface area contributed by atoms with Gasteiger partial charge in [0.25, 0.3) is 0 Å². The van der Waals surface area contributed by atoms with E-state index in [-0.39, 0.29) is 5.91 Å². The SMILES string of the molecule is Cc1cccc(CN2CCN(CC(=O)Nc3ccc4c(c3)OCCO4)CC2)c1. The topological polar surface area (TPSA) is 54.0 Å². The van der Waals surface area contributed by atoms with Gasteiger partial charge >= 0.3 is 0 Å². The van der Waals surface area contributed by atoms with E-state index in [9.17, 15) is 4.79 Å². The molecular formula is C22H27N3O3. The molecule has 2 aromatic rings. The summed E-state index contributed by atoms with van der Waals surface area (Å²) < 4.78 is 11.1. The van der Waals surface area contributed by atoms with Gasteiger partial charge in [-0.2, -0.15) is 0 Å². The zero-order chi connectivity index (χ0) is 19.3. The second-order valence-electron chi connectivity index (χ2n) is 7.45. The van der Waals surface area contributed by atoms with Crippen LogP contribution in [0.1, 0.15) is 11.1 Å². The molecule has 2 aromatic carbocycles. The van der Waals surface area contributed by atoms with E-state index in [1.165, 1.54) is 11.1 Å². The molecule has 28 heavy (non-hydrogen) atoms. The third-order valence-electron chi connectivity index (χ3n) is 5.15. The lowest BCUT2D eigenvalue weighted by Crippen LogP contribution is -2.48. The van der Waals surface area contributed by atoms with Gasteiger partial charge in [0.2, 0.25) is 5.91 Å². The summed E-state index contributed by atoms with van der Waals surface area (Å²) in [6.07, 6.45) is 0. The molecule has 2 heterocycles. The molecule has 0 saturated carbocycles. The first kappa shape index (κ1) is 18.8. The molecule has 1 saturated heterocycles. The molecule has 0 atom stereocenters. The zero-order valence-electron chi connectivity index (χ0n) is 16.3. The van der Waals surface area contributed by atoms with E-state index in [0.29, 0.717) is 25.5 Å². The molecule has 148 valence electrons. The molecule has 0 aliphatic carbocycles.